The Kier molecular flexibility index (Phi) is 3.74. The van der Waals surface area contributed by atoms with E-state index in [0.717, 1.165) is 12.5 Å². The first-order valence-corrected chi connectivity index (χ1v) is 7.15. The summed E-state index contributed by atoms with van der Waals surface area (Å²) in [5.74, 6) is 1.24. The van der Waals surface area contributed by atoms with Gasteiger partial charge in [-0.05, 0) is 44.9 Å². The van der Waals surface area contributed by atoms with Crippen LogP contribution in [0.25, 0.3) is 0 Å². The zero-order valence-electron chi connectivity index (χ0n) is 8.98. The second-order valence-electron chi connectivity index (χ2n) is 4.55. The lowest BCUT2D eigenvalue weighted by Gasteiger charge is -2.32. The highest BCUT2D eigenvalue weighted by Gasteiger charge is 2.36. The Labute approximate surface area is 91.1 Å². The van der Waals surface area contributed by atoms with Crippen LogP contribution in [0.15, 0.2) is 0 Å². The van der Waals surface area contributed by atoms with E-state index in [9.17, 15) is 5.11 Å². The monoisotopic (exact) mass is 215 g/mol. The number of likely N-dealkylation sites (tertiary alicyclic amines) is 1. The van der Waals surface area contributed by atoms with Crippen molar-refractivity contribution in [2.75, 3.05) is 18.6 Å². The van der Waals surface area contributed by atoms with Crippen LogP contribution in [-0.4, -0.2) is 46.7 Å². The zero-order chi connectivity index (χ0) is 9.97. The molecule has 1 aliphatic carbocycles. The molecular weight excluding hydrogens is 194 g/mol. The lowest BCUT2D eigenvalue weighted by Crippen LogP contribution is -2.44. The predicted molar refractivity (Wildman–Crippen MR) is 61.8 cm³/mol. The van der Waals surface area contributed by atoms with Crippen molar-refractivity contribution in [3.63, 3.8) is 0 Å². The lowest BCUT2D eigenvalue weighted by atomic mass is 10.1. The van der Waals surface area contributed by atoms with Gasteiger partial charge in [0.25, 0.3) is 0 Å². The van der Waals surface area contributed by atoms with Crippen molar-refractivity contribution in [1.82, 2.24) is 4.90 Å². The first-order valence-electron chi connectivity index (χ1n) is 5.75. The van der Waals surface area contributed by atoms with E-state index < -0.39 is 0 Å². The molecule has 1 saturated heterocycles. The molecule has 3 atom stereocenters. The summed E-state index contributed by atoms with van der Waals surface area (Å²) in [6.07, 6.45) is 8.26. The van der Waals surface area contributed by atoms with E-state index >= 15 is 0 Å². The molecule has 1 saturated carbocycles. The van der Waals surface area contributed by atoms with Crippen molar-refractivity contribution in [3.8, 4) is 0 Å². The van der Waals surface area contributed by atoms with Gasteiger partial charge in [-0.3, -0.25) is 4.90 Å². The van der Waals surface area contributed by atoms with Crippen LogP contribution in [0, 0.1) is 0 Å². The van der Waals surface area contributed by atoms with Gasteiger partial charge < -0.3 is 5.11 Å². The van der Waals surface area contributed by atoms with Crippen LogP contribution in [0.2, 0.25) is 0 Å². The van der Waals surface area contributed by atoms with Crippen LogP contribution in [0.5, 0.6) is 0 Å². The quantitative estimate of drug-likeness (QED) is 0.775. The zero-order valence-corrected chi connectivity index (χ0v) is 9.80. The fourth-order valence-corrected chi connectivity index (χ4v) is 3.72. The van der Waals surface area contributed by atoms with Gasteiger partial charge in [0, 0.05) is 17.8 Å². The van der Waals surface area contributed by atoms with Crippen LogP contribution < -0.4 is 0 Å². The molecule has 2 nitrogen and oxygen atoms in total. The summed E-state index contributed by atoms with van der Waals surface area (Å²) < 4.78 is 0. The third-order valence-electron chi connectivity index (χ3n) is 3.65. The van der Waals surface area contributed by atoms with Crippen molar-refractivity contribution >= 4 is 11.8 Å². The van der Waals surface area contributed by atoms with Crippen LogP contribution >= 0.6 is 11.8 Å². The standard InChI is InChI=1S/C11H21NOS/c1-14-8-9-4-3-7-12(9)10-5-2-6-11(10)13/h9-11,13H,2-8H2,1H3/t9?,10-,11-/m1/s1. The van der Waals surface area contributed by atoms with E-state index in [0.29, 0.717) is 6.04 Å². The van der Waals surface area contributed by atoms with Gasteiger partial charge in [-0.1, -0.05) is 0 Å². The Morgan fingerprint density at radius 2 is 2.14 bits per heavy atom. The Bertz CT molecular complexity index is 188. The molecular formula is C11H21NOS. The highest BCUT2D eigenvalue weighted by atomic mass is 32.2. The van der Waals surface area contributed by atoms with Gasteiger partial charge in [0.05, 0.1) is 6.10 Å². The number of aliphatic hydroxyl groups is 1. The first-order chi connectivity index (χ1) is 6.83. The molecule has 1 heterocycles. The molecule has 0 aromatic carbocycles. The van der Waals surface area contributed by atoms with Crippen LogP contribution in [-0.2, 0) is 0 Å². The summed E-state index contributed by atoms with van der Waals surface area (Å²) in [4.78, 5) is 2.58. The second-order valence-corrected chi connectivity index (χ2v) is 5.47. The Morgan fingerprint density at radius 3 is 2.79 bits per heavy atom. The van der Waals surface area contributed by atoms with Crippen molar-refractivity contribution in [1.29, 1.82) is 0 Å². The van der Waals surface area contributed by atoms with Crippen LogP contribution in [0.4, 0.5) is 0 Å². The predicted octanol–water partition coefficient (Wildman–Crippen LogP) is 1.73. The van der Waals surface area contributed by atoms with E-state index in [1.807, 2.05) is 11.8 Å². The average Bonchev–Trinajstić information content (AvgIpc) is 2.74. The van der Waals surface area contributed by atoms with E-state index in [2.05, 4.69) is 11.2 Å². The lowest BCUT2D eigenvalue weighted by molar-refractivity contribution is 0.0680. The third-order valence-corrected chi connectivity index (χ3v) is 4.37. The molecule has 0 aromatic heterocycles. The van der Waals surface area contributed by atoms with Gasteiger partial charge in [0.15, 0.2) is 0 Å². The Hall–Kier alpha value is 0.270. The maximum atomic E-state index is 9.89. The molecule has 2 aliphatic rings. The van der Waals surface area contributed by atoms with Crippen molar-refractivity contribution in [2.24, 2.45) is 0 Å². The minimum atomic E-state index is -0.0440. The van der Waals surface area contributed by atoms with Crippen molar-refractivity contribution < 1.29 is 5.11 Å². The minimum absolute atomic E-state index is 0.0440. The first kappa shape index (κ1) is 10.8. The van der Waals surface area contributed by atoms with E-state index in [1.165, 1.54) is 38.0 Å². The molecule has 0 radical (unpaired) electrons. The van der Waals surface area contributed by atoms with Gasteiger partial charge in [-0.2, -0.15) is 11.8 Å². The summed E-state index contributed by atoms with van der Waals surface area (Å²) in [6.45, 7) is 1.22. The fraction of sp³-hybridized carbons (Fsp3) is 1.00. The van der Waals surface area contributed by atoms with Gasteiger partial charge in [0.2, 0.25) is 0 Å². The van der Waals surface area contributed by atoms with Crippen molar-refractivity contribution in [3.05, 3.63) is 0 Å². The molecule has 82 valence electrons. The van der Waals surface area contributed by atoms with Gasteiger partial charge >= 0.3 is 0 Å². The molecule has 0 bridgehead atoms. The van der Waals surface area contributed by atoms with E-state index in [-0.39, 0.29) is 6.10 Å². The van der Waals surface area contributed by atoms with E-state index in [1.54, 1.807) is 0 Å². The molecule has 1 N–H and O–H groups in total. The number of rotatable bonds is 3. The number of thioether (sulfide) groups is 1. The van der Waals surface area contributed by atoms with Crippen molar-refractivity contribution in [2.45, 2.75) is 50.3 Å². The molecule has 1 unspecified atom stereocenters. The molecule has 1 aliphatic heterocycles. The smallest absolute Gasteiger partial charge is 0.0695 e. The summed E-state index contributed by atoms with van der Waals surface area (Å²) in [5, 5.41) is 9.89. The summed E-state index contributed by atoms with van der Waals surface area (Å²) in [6, 6.07) is 1.22. The van der Waals surface area contributed by atoms with Gasteiger partial charge in [-0.25, -0.2) is 0 Å². The second kappa shape index (κ2) is 4.86. The summed E-state index contributed by atoms with van der Waals surface area (Å²) >= 11 is 1.94. The summed E-state index contributed by atoms with van der Waals surface area (Å²) in [5.41, 5.74) is 0. The number of aliphatic hydroxyl groups excluding tert-OH is 1. The highest BCUT2D eigenvalue weighted by Crippen LogP contribution is 2.31. The number of hydrogen-bond donors (Lipinski definition) is 1. The molecule has 14 heavy (non-hydrogen) atoms. The Morgan fingerprint density at radius 1 is 1.29 bits per heavy atom. The van der Waals surface area contributed by atoms with E-state index in [4.69, 9.17) is 0 Å². The third kappa shape index (κ3) is 2.10. The van der Waals surface area contributed by atoms with Gasteiger partial charge in [0.1, 0.15) is 0 Å². The molecule has 0 spiro atoms. The van der Waals surface area contributed by atoms with Crippen LogP contribution in [0.3, 0.4) is 0 Å². The highest BCUT2D eigenvalue weighted by molar-refractivity contribution is 7.98. The molecule has 2 fully saturated rings. The topological polar surface area (TPSA) is 23.5 Å². The largest absolute Gasteiger partial charge is 0.391 e. The molecule has 0 amide bonds. The number of nitrogens with zero attached hydrogens (tertiary/aromatic N) is 1. The maximum absolute atomic E-state index is 9.89. The fourth-order valence-electron chi connectivity index (χ4n) is 2.97. The maximum Gasteiger partial charge on any atom is 0.0695 e. The SMILES string of the molecule is CSCC1CCCN1[C@@H]1CCC[C@H]1O. The van der Waals surface area contributed by atoms with Gasteiger partial charge in [-0.15, -0.1) is 0 Å². The normalized spacial score (nSPS) is 39.4. The number of hydrogen-bond acceptors (Lipinski definition) is 3. The van der Waals surface area contributed by atoms with Crippen LogP contribution in [0.1, 0.15) is 32.1 Å². The molecule has 0 aromatic rings. The Balaban J connectivity index is 1.94. The average molecular weight is 215 g/mol. The minimum Gasteiger partial charge on any atom is -0.391 e. The molecule has 2 rings (SSSR count). The molecule has 3 heteroatoms. The summed E-state index contributed by atoms with van der Waals surface area (Å²) in [7, 11) is 0.